The summed E-state index contributed by atoms with van der Waals surface area (Å²) in [6.07, 6.45) is 2.96. The van der Waals surface area contributed by atoms with Gasteiger partial charge in [-0.3, -0.25) is 4.98 Å². The second-order valence-electron chi connectivity index (χ2n) is 3.86. The fourth-order valence-electron chi connectivity index (χ4n) is 1.81. The number of pyridine rings is 1. The van der Waals surface area contributed by atoms with Crippen molar-refractivity contribution in [2.45, 2.75) is 17.9 Å². The van der Waals surface area contributed by atoms with E-state index in [4.69, 9.17) is 0 Å². The van der Waals surface area contributed by atoms with E-state index in [1.165, 1.54) is 10.5 Å². The van der Waals surface area contributed by atoms with Crippen LogP contribution < -0.4 is 5.32 Å². The molecule has 1 aromatic heterocycles. The van der Waals surface area contributed by atoms with Crippen molar-refractivity contribution in [3.05, 3.63) is 24.5 Å². The third-order valence-corrected chi connectivity index (χ3v) is 4.68. The minimum absolute atomic E-state index is 0.0149. The van der Waals surface area contributed by atoms with Crippen LogP contribution >= 0.6 is 0 Å². The van der Waals surface area contributed by atoms with Crippen molar-refractivity contribution < 1.29 is 8.42 Å². The lowest BCUT2D eigenvalue weighted by atomic mass is 10.3. The highest BCUT2D eigenvalue weighted by molar-refractivity contribution is 7.89. The van der Waals surface area contributed by atoms with Crippen molar-refractivity contribution in [2.24, 2.45) is 0 Å². The highest BCUT2D eigenvalue weighted by Gasteiger charge is 2.30. The molecule has 1 aromatic rings. The number of hydrogen-bond acceptors (Lipinski definition) is 4. The summed E-state index contributed by atoms with van der Waals surface area (Å²) < 4.78 is 26.0. The zero-order valence-electron chi connectivity index (χ0n) is 9.13. The first-order valence-corrected chi connectivity index (χ1v) is 6.69. The summed E-state index contributed by atoms with van der Waals surface area (Å²) in [6.45, 7) is 3.81. The number of hydrogen-bond donors (Lipinski definition) is 1. The summed E-state index contributed by atoms with van der Waals surface area (Å²) in [5, 5.41) is 3.17. The molecular weight excluding hydrogens is 226 g/mol. The SMILES string of the molecule is C[C@@H]1CNCCN1S(=O)(=O)c1cccnc1. The quantitative estimate of drug-likeness (QED) is 0.795. The van der Waals surface area contributed by atoms with Crippen molar-refractivity contribution in [2.75, 3.05) is 19.6 Å². The van der Waals surface area contributed by atoms with Crippen molar-refractivity contribution in [1.82, 2.24) is 14.6 Å². The van der Waals surface area contributed by atoms with Gasteiger partial charge in [0.1, 0.15) is 4.90 Å². The van der Waals surface area contributed by atoms with E-state index in [1.807, 2.05) is 6.92 Å². The normalized spacial score (nSPS) is 23.2. The minimum Gasteiger partial charge on any atom is -0.314 e. The van der Waals surface area contributed by atoms with Crippen LogP contribution in [0.25, 0.3) is 0 Å². The Labute approximate surface area is 95.5 Å². The average molecular weight is 241 g/mol. The highest BCUT2D eigenvalue weighted by atomic mass is 32.2. The fraction of sp³-hybridized carbons (Fsp3) is 0.500. The summed E-state index contributed by atoms with van der Waals surface area (Å²) in [4.78, 5) is 4.12. The molecule has 0 unspecified atom stereocenters. The molecular formula is C10H15N3O2S. The van der Waals surface area contributed by atoms with Crippen molar-refractivity contribution in [3.8, 4) is 0 Å². The third kappa shape index (κ3) is 2.09. The van der Waals surface area contributed by atoms with Gasteiger partial charge in [-0.2, -0.15) is 4.31 Å². The Bertz CT molecular complexity index is 446. The Morgan fingerprint density at radius 2 is 2.38 bits per heavy atom. The Morgan fingerprint density at radius 3 is 3.00 bits per heavy atom. The number of piperazine rings is 1. The average Bonchev–Trinajstić information content (AvgIpc) is 2.30. The number of sulfonamides is 1. The van der Waals surface area contributed by atoms with Gasteiger partial charge in [-0.25, -0.2) is 8.42 Å². The lowest BCUT2D eigenvalue weighted by Gasteiger charge is -2.32. The molecule has 2 heterocycles. The smallest absolute Gasteiger partial charge is 0.244 e. The van der Waals surface area contributed by atoms with Gasteiger partial charge in [0.05, 0.1) is 0 Å². The van der Waals surface area contributed by atoms with Gasteiger partial charge in [0, 0.05) is 38.1 Å². The Hall–Kier alpha value is -0.980. The molecule has 0 radical (unpaired) electrons. The van der Waals surface area contributed by atoms with E-state index in [0.29, 0.717) is 19.6 Å². The summed E-state index contributed by atoms with van der Waals surface area (Å²) in [5.74, 6) is 0. The van der Waals surface area contributed by atoms with Crippen LogP contribution in [-0.4, -0.2) is 43.4 Å². The second-order valence-corrected chi connectivity index (χ2v) is 5.75. The van der Waals surface area contributed by atoms with Crippen LogP contribution in [-0.2, 0) is 10.0 Å². The number of rotatable bonds is 2. The molecule has 6 heteroatoms. The molecule has 1 saturated heterocycles. The van der Waals surface area contributed by atoms with Crippen LogP contribution in [0.3, 0.4) is 0 Å². The Morgan fingerprint density at radius 1 is 1.56 bits per heavy atom. The van der Waals surface area contributed by atoms with E-state index in [0.717, 1.165) is 0 Å². The number of aromatic nitrogens is 1. The van der Waals surface area contributed by atoms with Crippen LogP contribution in [0.5, 0.6) is 0 Å². The summed E-state index contributed by atoms with van der Waals surface area (Å²) >= 11 is 0. The van der Waals surface area contributed by atoms with Crippen molar-refractivity contribution in [1.29, 1.82) is 0 Å². The van der Waals surface area contributed by atoms with Crippen LogP contribution in [0.1, 0.15) is 6.92 Å². The van der Waals surface area contributed by atoms with E-state index in [1.54, 1.807) is 18.3 Å². The van der Waals surface area contributed by atoms with E-state index >= 15 is 0 Å². The van der Waals surface area contributed by atoms with Gasteiger partial charge in [0.15, 0.2) is 0 Å². The molecule has 0 bridgehead atoms. The zero-order valence-corrected chi connectivity index (χ0v) is 9.94. The van der Waals surface area contributed by atoms with Gasteiger partial charge < -0.3 is 5.32 Å². The zero-order chi connectivity index (χ0) is 11.6. The first-order chi connectivity index (χ1) is 7.62. The molecule has 1 N–H and O–H groups in total. The fourth-order valence-corrected chi connectivity index (χ4v) is 3.41. The predicted molar refractivity (Wildman–Crippen MR) is 60.5 cm³/mol. The molecule has 1 aliphatic heterocycles. The number of nitrogens with zero attached hydrogens (tertiary/aromatic N) is 2. The standard InChI is InChI=1S/C10H15N3O2S/c1-9-7-12-5-6-13(9)16(14,15)10-3-2-4-11-8-10/h2-4,8-9,12H,5-7H2,1H3/t9-/m1/s1. The van der Waals surface area contributed by atoms with Crippen LogP contribution in [0, 0.1) is 0 Å². The maximum atomic E-state index is 12.3. The predicted octanol–water partition coefficient (Wildman–Crippen LogP) is 0.0640. The van der Waals surface area contributed by atoms with E-state index in [-0.39, 0.29) is 10.9 Å². The molecule has 5 nitrogen and oxygen atoms in total. The van der Waals surface area contributed by atoms with Gasteiger partial charge in [-0.15, -0.1) is 0 Å². The molecule has 88 valence electrons. The lowest BCUT2D eigenvalue weighted by molar-refractivity contribution is 0.284. The number of nitrogens with one attached hydrogen (secondary N) is 1. The van der Waals surface area contributed by atoms with Crippen LogP contribution in [0.15, 0.2) is 29.4 Å². The maximum absolute atomic E-state index is 12.3. The van der Waals surface area contributed by atoms with E-state index < -0.39 is 10.0 Å². The highest BCUT2D eigenvalue weighted by Crippen LogP contribution is 2.17. The van der Waals surface area contributed by atoms with Crippen LogP contribution in [0.2, 0.25) is 0 Å². The topological polar surface area (TPSA) is 62.3 Å². The molecule has 0 aromatic carbocycles. The molecule has 0 amide bonds. The first kappa shape index (κ1) is 11.5. The molecule has 16 heavy (non-hydrogen) atoms. The van der Waals surface area contributed by atoms with E-state index in [2.05, 4.69) is 10.3 Å². The monoisotopic (exact) mass is 241 g/mol. The van der Waals surface area contributed by atoms with E-state index in [9.17, 15) is 8.42 Å². The largest absolute Gasteiger partial charge is 0.314 e. The van der Waals surface area contributed by atoms with Crippen molar-refractivity contribution in [3.63, 3.8) is 0 Å². The summed E-state index contributed by atoms with van der Waals surface area (Å²) in [5.41, 5.74) is 0. The molecule has 1 aliphatic rings. The molecule has 0 saturated carbocycles. The van der Waals surface area contributed by atoms with Gasteiger partial charge in [-0.05, 0) is 19.1 Å². The minimum atomic E-state index is -3.38. The molecule has 0 aliphatic carbocycles. The van der Waals surface area contributed by atoms with Gasteiger partial charge in [0.25, 0.3) is 0 Å². The first-order valence-electron chi connectivity index (χ1n) is 5.25. The maximum Gasteiger partial charge on any atom is 0.244 e. The van der Waals surface area contributed by atoms with Gasteiger partial charge in [-0.1, -0.05) is 0 Å². The van der Waals surface area contributed by atoms with Crippen LogP contribution in [0.4, 0.5) is 0 Å². The molecule has 0 spiro atoms. The summed E-state index contributed by atoms with van der Waals surface area (Å²) in [7, 11) is -3.38. The van der Waals surface area contributed by atoms with Gasteiger partial charge >= 0.3 is 0 Å². The van der Waals surface area contributed by atoms with Crippen molar-refractivity contribution >= 4 is 10.0 Å². The lowest BCUT2D eigenvalue weighted by Crippen LogP contribution is -2.52. The van der Waals surface area contributed by atoms with Gasteiger partial charge in [0.2, 0.25) is 10.0 Å². The summed E-state index contributed by atoms with van der Waals surface area (Å²) in [6, 6.07) is 3.20. The molecule has 2 rings (SSSR count). The molecule has 1 atom stereocenters. The Balaban J connectivity index is 2.32. The molecule has 1 fully saturated rings. The third-order valence-electron chi connectivity index (χ3n) is 2.68. The second kappa shape index (κ2) is 4.48. The Kier molecular flexibility index (Phi) is 3.22.